The average Bonchev–Trinajstić information content (AvgIpc) is 3.11. The Morgan fingerprint density at radius 3 is 2.66 bits per heavy atom. The van der Waals surface area contributed by atoms with E-state index in [4.69, 9.17) is 15.3 Å². The summed E-state index contributed by atoms with van der Waals surface area (Å²) in [4.78, 5) is 12.3. The van der Waals surface area contributed by atoms with Gasteiger partial charge in [0, 0.05) is 5.56 Å². The number of carbonyl (C=O) groups excluding carboxylic acids is 1. The fraction of sp³-hybridized carbons (Fsp3) is 0.158. The highest BCUT2D eigenvalue weighted by atomic mass is 32.2. The SMILES string of the molecule is COc1ccc(C(=O)CSc2nnc(N/N=C/c3cccc(OC)c3)n2N)cc1. The minimum atomic E-state index is -0.0498. The molecule has 0 amide bonds. The van der Waals surface area contributed by atoms with Crippen LogP contribution in [0.5, 0.6) is 11.5 Å². The molecule has 0 aliphatic heterocycles. The maximum atomic E-state index is 12.3. The van der Waals surface area contributed by atoms with E-state index >= 15 is 0 Å². The number of nitrogens with one attached hydrogen (secondary N) is 1. The second kappa shape index (κ2) is 9.60. The third-order valence-corrected chi connectivity index (χ3v) is 4.82. The van der Waals surface area contributed by atoms with Gasteiger partial charge in [0.15, 0.2) is 5.78 Å². The maximum absolute atomic E-state index is 12.3. The first-order valence-electron chi connectivity index (χ1n) is 8.54. The number of hydrazone groups is 1. The highest BCUT2D eigenvalue weighted by molar-refractivity contribution is 7.99. The summed E-state index contributed by atoms with van der Waals surface area (Å²) in [5, 5.41) is 12.4. The zero-order chi connectivity index (χ0) is 20.6. The van der Waals surface area contributed by atoms with Crippen molar-refractivity contribution in [1.29, 1.82) is 0 Å². The molecule has 0 unspecified atom stereocenters. The molecular weight excluding hydrogens is 392 g/mol. The molecule has 0 aliphatic rings. The first-order valence-corrected chi connectivity index (χ1v) is 9.53. The van der Waals surface area contributed by atoms with Crippen LogP contribution in [0.2, 0.25) is 0 Å². The van der Waals surface area contributed by atoms with Crippen LogP contribution in [0.15, 0.2) is 58.8 Å². The quantitative estimate of drug-likeness (QED) is 0.181. The van der Waals surface area contributed by atoms with E-state index < -0.39 is 0 Å². The lowest BCUT2D eigenvalue weighted by atomic mass is 10.1. The zero-order valence-corrected chi connectivity index (χ0v) is 16.7. The van der Waals surface area contributed by atoms with Crippen LogP contribution in [0.25, 0.3) is 0 Å². The number of thioether (sulfide) groups is 1. The van der Waals surface area contributed by atoms with Crippen LogP contribution in [-0.4, -0.2) is 46.8 Å². The summed E-state index contributed by atoms with van der Waals surface area (Å²) in [6.07, 6.45) is 1.61. The smallest absolute Gasteiger partial charge is 0.264 e. The van der Waals surface area contributed by atoms with E-state index in [1.165, 1.54) is 16.4 Å². The largest absolute Gasteiger partial charge is 0.497 e. The van der Waals surface area contributed by atoms with Gasteiger partial charge in [-0.15, -0.1) is 10.2 Å². The molecular formula is C19H20N6O3S. The molecule has 3 N–H and O–H groups in total. The molecule has 0 fully saturated rings. The second-order valence-corrected chi connectivity index (χ2v) is 6.71. The van der Waals surface area contributed by atoms with E-state index in [0.717, 1.165) is 11.3 Å². The summed E-state index contributed by atoms with van der Waals surface area (Å²) in [5.74, 6) is 7.78. The van der Waals surface area contributed by atoms with Gasteiger partial charge >= 0.3 is 0 Å². The van der Waals surface area contributed by atoms with Crippen LogP contribution in [0, 0.1) is 0 Å². The van der Waals surface area contributed by atoms with Crippen LogP contribution in [0.4, 0.5) is 5.95 Å². The minimum Gasteiger partial charge on any atom is -0.497 e. The number of rotatable bonds is 9. The number of hydrogen-bond acceptors (Lipinski definition) is 9. The normalized spacial score (nSPS) is 10.8. The number of nitrogens with two attached hydrogens (primary N) is 1. The molecule has 29 heavy (non-hydrogen) atoms. The Balaban J connectivity index is 1.57. The van der Waals surface area contributed by atoms with Crippen molar-refractivity contribution >= 4 is 29.7 Å². The number of aromatic nitrogens is 3. The van der Waals surface area contributed by atoms with Crippen molar-refractivity contribution in [2.45, 2.75) is 5.16 Å². The van der Waals surface area contributed by atoms with Crippen molar-refractivity contribution in [2.75, 3.05) is 31.2 Å². The molecule has 0 saturated heterocycles. The standard InChI is InChI=1S/C19H20N6O3S/c1-27-15-8-6-14(7-9-15)17(26)12-29-19-24-23-18(25(19)20)22-21-11-13-4-3-5-16(10-13)28-2/h3-11H,12,20H2,1-2H3,(H,22,23)/b21-11+. The lowest BCUT2D eigenvalue weighted by Gasteiger charge is -2.04. The summed E-state index contributed by atoms with van der Waals surface area (Å²) in [7, 11) is 3.18. The molecule has 150 valence electrons. The fourth-order valence-corrected chi connectivity index (χ4v) is 3.08. The number of benzene rings is 2. The van der Waals surface area contributed by atoms with Gasteiger partial charge in [-0.1, -0.05) is 23.9 Å². The molecule has 1 heterocycles. The molecule has 0 bridgehead atoms. The number of ether oxygens (including phenoxy) is 2. The fourth-order valence-electron chi connectivity index (χ4n) is 2.33. The average molecular weight is 412 g/mol. The predicted octanol–water partition coefficient (Wildman–Crippen LogP) is 2.43. The minimum absolute atomic E-state index is 0.0498. The van der Waals surface area contributed by atoms with Crippen molar-refractivity contribution in [3.63, 3.8) is 0 Å². The molecule has 10 heteroatoms. The molecule has 2 aromatic carbocycles. The van der Waals surface area contributed by atoms with E-state index in [2.05, 4.69) is 20.7 Å². The third-order valence-electron chi connectivity index (χ3n) is 3.88. The van der Waals surface area contributed by atoms with Gasteiger partial charge in [-0.3, -0.25) is 4.79 Å². The topological polar surface area (TPSA) is 117 Å². The van der Waals surface area contributed by atoms with Gasteiger partial charge in [0.2, 0.25) is 5.16 Å². The molecule has 0 atom stereocenters. The number of carbonyl (C=O) groups is 1. The third kappa shape index (κ3) is 5.26. The summed E-state index contributed by atoms with van der Waals surface area (Å²) in [5.41, 5.74) is 4.16. The van der Waals surface area contributed by atoms with Crippen LogP contribution in [0.1, 0.15) is 15.9 Å². The molecule has 1 aromatic heterocycles. The van der Waals surface area contributed by atoms with E-state index in [9.17, 15) is 4.79 Å². The molecule has 9 nitrogen and oxygen atoms in total. The van der Waals surface area contributed by atoms with Crippen molar-refractivity contribution < 1.29 is 14.3 Å². The second-order valence-electron chi connectivity index (χ2n) is 5.76. The van der Waals surface area contributed by atoms with Gasteiger partial charge < -0.3 is 15.3 Å². The van der Waals surface area contributed by atoms with Crippen molar-refractivity contribution in [1.82, 2.24) is 14.9 Å². The van der Waals surface area contributed by atoms with E-state index in [0.29, 0.717) is 16.5 Å². The summed E-state index contributed by atoms with van der Waals surface area (Å²) in [6.45, 7) is 0. The Labute approximate surface area is 171 Å². The molecule has 3 aromatic rings. The van der Waals surface area contributed by atoms with Crippen molar-refractivity contribution in [3.05, 3.63) is 59.7 Å². The Morgan fingerprint density at radius 1 is 1.17 bits per heavy atom. The van der Waals surface area contributed by atoms with Gasteiger partial charge in [-0.25, -0.2) is 10.1 Å². The van der Waals surface area contributed by atoms with Crippen molar-refractivity contribution in [2.24, 2.45) is 5.10 Å². The number of nitrogens with zero attached hydrogens (tertiary/aromatic N) is 4. The Hall–Kier alpha value is -3.53. The predicted molar refractivity (Wildman–Crippen MR) is 112 cm³/mol. The molecule has 0 spiro atoms. The highest BCUT2D eigenvalue weighted by Gasteiger charge is 2.13. The number of anilines is 1. The van der Waals surface area contributed by atoms with Crippen LogP contribution < -0.4 is 20.7 Å². The highest BCUT2D eigenvalue weighted by Crippen LogP contribution is 2.19. The molecule has 3 rings (SSSR count). The van der Waals surface area contributed by atoms with Gasteiger partial charge in [-0.2, -0.15) is 5.10 Å². The number of Topliss-reactive ketones (excluding diaryl/α,β-unsaturated/α-hetero) is 1. The molecule has 0 aliphatic carbocycles. The monoisotopic (exact) mass is 412 g/mol. The number of hydrogen-bond donors (Lipinski definition) is 2. The van der Waals surface area contributed by atoms with Crippen LogP contribution in [0.3, 0.4) is 0 Å². The first kappa shape index (κ1) is 20.2. The summed E-state index contributed by atoms with van der Waals surface area (Å²) in [6, 6.07) is 14.3. The van der Waals surface area contributed by atoms with Gasteiger partial charge in [0.05, 0.1) is 26.2 Å². The lowest BCUT2D eigenvalue weighted by molar-refractivity contribution is 0.102. The number of ketones is 1. The Kier molecular flexibility index (Phi) is 6.69. The first-order chi connectivity index (χ1) is 14.1. The summed E-state index contributed by atoms with van der Waals surface area (Å²) >= 11 is 1.19. The molecule has 0 radical (unpaired) electrons. The van der Waals surface area contributed by atoms with E-state index in [-0.39, 0.29) is 17.5 Å². The maximum Gasteiger partial charge on any atom is 0.264 e. The lowest BCUT2D eigenvalue weighted by Crippen LogP contribution is -2.14. The Morgan fingerprint density at radius 2 is 1.93 bits per heavy atom. The number of nitrogen functional groups attached to an aromatic ring is 1. The number of methoxy groups -OCH3 is 2. The van der Waals surface area contributed by atoms with Crippen LogP contribution in [-0.2, 0) is 0 Å². The summed E-state index contributed by atoms with van der Waals surface area (Å²) < 4.78 is 11.5. The van der Waals surface area contributed by atoms with Crippen LogP contribution >= 0.6 is 11.8 Å². The molecule has 0 saturated carbocycles. The van der Waals surface area contributed by atoms with E-state index in [1.54, 1.807) is 44.7 Å². The zero-order valence-electron chi connectivity index (χ0n) is 15.9. The van der Waals surface area contributed by atoms with Gasteiger partial charge in [0.1, 0.15) is 11.5 Å². The van der Waals surface area contributed by atoms with Gasteiger partial charge in [0.25, 0.3) is 5.95 Å². The van der Waals surface area contributed by atoms with Gasteiger partial charge in [-0.05, 0) is 42.0 Å². The van der Waals surface area contributed by atoms with E-state index in [1.807, 2.05) is 24.3 Å². The van der Waals surface area contributed by atoms with Crippen molar-refractivity contribution in [3.8, 4) is 11.5 Å². The Bertz CT molecular complexity index is 1000.